The number of hydrogen-bond acceptors (Lipinski definition) is 4. The molecule has 0 unspecified atom stereocenters. The molecule has 0 saturated heterocycles. The molecule has 2 amide bonds. The lowest BCUT2D eigenvalue weighted by Gasteiger charge is -2.07. The highest BCUT2D eigenvalue weighted by atomic mass is 16.2. The molecule has 0 aliphatic heterocycles. The maximum absolute atomic E-state index is 11.9. The van der Waals surface area contributed by atoms with Gasteiger partial charge in [-0.1, -0.05) is 12.1 Å². The van der Waals surface area contributed by atoms with Crippen LogP contribution >= 0.6 is 0 Å². The van der Waals surface area contributed by atoms with E-state index in [0.29, 0.717) is 22.5 Å². The number of carbonyl (C=O) groups excluding carboxylic acids is 3. The van der Waals surface area contributed by atoms with E-state index < -0.39 is 11.8 Å². The molecule has 0 aliphatic rings. The van der Waals surface area contributed by atoms with Gasteiger partial charge >= 0.3 is 0 Å². The van der Waals surface area contributed by atoms with Gasteiger partial charge in [0, 0.05) is 16.9 Å². The average molecular weight is 321 g/mol. The van der Waals surface area contributed by atoms with Crippen LogP contribution in [0, 0.1) is 11.3 Å². The van der Waals surface area contributed by atoms with Crippen LogP contribution in [-0.4, -0.2) is 17.6 Å². The molecule has 0 aliphatic carbocycles. The summed E-state index contributed by atoms with van der Waals surface area (Å²) in [6.45, 7) is 1.44. The second-order valence-electron chi connectivity index (χ2n) is 5.10. The Morgan fingerprint density at radius 3 is 2.17 bits per heavy atom. The van der Waals surface area contributed by atoms with Crippen molar-refractivity contribution in [1.29, 1.82) is 5.26 Å². The van der Waals surface area contributed by atoms with E-state index >= 15 is 0 Å². The van der Waals surface area contributed by atoms with Gasteiger partial charge in [-0.25, -0.2) is 0 Å². The Bertz CT molecular complexity index is 820. The van der Waals surface area contributed by atoms with Gasteiger partial charge in [0.1, 0.15) is 6.42 Å². The van der Waals surface area contributed by atoms with Crippen LogP contribution in [0.25, 0.3) is 0 Å². The minimum atomic E-state index is -0.484. The smallest absolute Gasteiger partial charge is 0.233 e. The monoisotopic (exact) mass is 321 g/mol. The molecule has 2 aromatic rings. The normalized spacial score (nSPS) is 9.67. The molecule has 0 spiro atoms. The predicted molar refractivity (Wildman–Crippen MR) is 89.5 cm³/mol. The molecule has 0 saturated carbocycles. The van der Waals surface area contributed by atoms with Gasteiger partial charge in [-0.2, -0.15) is 5.26 Å². The summed E-state index contributed by atoms with van der Waals surface area (Å²) in [6, 6.07) is 14.8. The second kappa shape index (κ2) is 7.70. The van der Waals surface area contributed by atoms with Crippen LogP contribution in [0.4, 0.5) is 11.4 Å². The topological polar surface area (TPSA) is 99.1 Å². The molecule has 0 radical (unpaired) electrons. The van der Waals surface area contributed by atoms with Gasteiger partial charge in [-0.15, -0.1) is 0 Å². The fraction of sp³-hybridized carbons (Fsp3) is 0.111. The van der Waals surface area contributed by atoms with Gasteiger partial charge < -0.3 is 10.6 Å². The molecule has 2 rings (SSSR count). The maximum Gasteiger partial charge on any atom is 0.233 e. The van der Waals surface area contributed by atoms with Crippen molar-refractivity contribution in [3.05, 3.63) is 59.7 Å². The number of nitrogens with one attached hydrogen (secondary N) is 2. The highest BCUT2D eigenvalue weighted by Crippen LogP contribution is 2.12. The quantitative estimate of drug-likeness (QED) is 0.653. The zero-order valence-electron chi connectivity index (χ0n) is 13.0. The van der Waals surface area contributed by atoms with E-state index in [0.717, 1.165) is 0 Å². The van der Waals surface area contributed by atoms with Crippen molar-refractivity contribution in [2.75, 3.05) is 10.6 Å². The zero-order chi connectivity index (χ0) is 17.5. The molecule has 2 N–H and O–H groups in total. The summed E-state index contributed by atoms with van der Waals surface area (Å²) in [7, 11) is 0. The summed E-state index contributed by atoms with van der Waals surface area (Å²) in [5, 5.41) is 13.9. The van der Waals surface area contributed by atoms with Crippen molar-refractivity contribution in [1.82, 2.24) is 0 Å². The summed E-state index contributed by atoms with van der Waals surface area (Å²) in [5.41, 5.74) is 1.93. The molecule has 6 nitrogen and oxygen atoms in total. The number of nitriles is 1. The number of carbonyl (C=O) groups is 3. The molecule has 120 valence electrons. The third kappa shape index (κ3) is 4.78. The number of anilines is 2. The largest absolute Gasteiger partial charge is 0.326 e. The maximum atomic E-state index is 11.9. The van der Waals surface area contributed by atoms with Crippen LogP contribution in [0.2, 0.25) is 0 Å². The van der Waals surface area contributed by atoms with E-state index in [2.05, 4.69) is 10.6 Å². The number of benzene rings is 2. The number of rotatable bonds is 5. The first-order valence-corrected chi connectivity index (χ1v) is 7.19. The zero-order valence-corrected chi connectivity index (χ0v) is 13.0. The molecule has 24 heavy (non-hydrogen) atoms. The van der Waals surface area contributed by atoms with Crippen LogP contribution in [0.3, 0.4) is 0 Å². The second-order valence-corrected chi connectivity index (χ2v) is 5.10. The first-order chi connectivity index (χ1) is 11.5. The molecule has 0 heterocycles. The Morgan fingerprint density at radius 1 is 0.958 bits per heavy atom. The summed E-state index contributed by atoms with van der Waals surface area (Å²) in [4.78, 5) is 35.1. The standard InChI is InChI=1S/C18H15N3O3/c1-12(22)14-3-2-4-16(9-14)21-18(24)10-17(23)20-15-7-5-13(11-19)6-8-15/h2-9H,10H2,1H3,(H,20,23)(H,21,24). The summed E-state index contributed by atoms with van der Waals surface area (Å²) in [5.74, 6) is -1.06. The molecule has 2 aromatic carbocycles. The van der Waals surface area contributed by atoms with Crippen molar-refractivity contribution in [2.45, 2.75) is 13.3 Å². The van der Waals surface area contributed by atoms with E-state index in [-0.39, 0.29) is 12.2 Å². The van der Waals surface area contributed by atoms with Gasteiger partial charge in [0.2, 0.25) is 11.8 Å². The van der Waals surface area contributed by atoms with Gasteiger partial charge in [-0.05, 0) is 43.3 Å². The van der Waals surface area contributed by atoms with E-state index in [1.165, 1.54) is 6.92 Å². The minimum Gasteiger partial charge on any atom is -0.326 e. The van der Waals surface area contributed by atoms with Gasteiger partial charge in [0.05, 0.1) is 11.6 Å². The fourth-order valence-electron chi connectivity index (χ4n) is 2.00. The lowest BCUT2D eigenvalue weighted by atomic mass is 10.1. The van der Waals surface area contributed by atoms with Crippen LogP contribution in [0.1, 0.15) is 29.3 Å². The van der Waals surface area contributed by atoms with Crippen LogP contribution in [-0.2, 0) is 9.59 Å². The highest BCUT2D eigenvalue weighted by Gasteiger charge is 2.11. The lowest BCUT2D eigenvalue weighted by molar-refractivity contribution is -0.123. The van der Waals surface area contributed by atoms with E-state index in [1.54, 1.807) is 48.5 Å². The van der Waals surface area contributed by atoms with E-state index in [9.17, 15) is 14.4 Å². The minimum absolute atomic E-state index is 0.107. The van der Waals surface area contributed by atoms with Crippen molar-refractivity contribution in [2.24, 2.45) is 0 Å². The van der Waals surface area contributed by atoms with Crippen molar-refractivity contribution in [3.63, 3.8) is 0 Å². The Labute approximate surface area is 139 Å². The Kier molecular flexibility index (Phi) is 5.42. The van der Waals surface area contributed by atoms with Crippen LogP contribution < -0.4 is 10.6 Å². The summed E-state index contributed by atoms with van der Waals surface area (Å²) in [6.07, 6.45) is -0.357. The summed E-state index contributed by atoms with van der Waals surface area (Å²) >= 11 is 0. The third-order valence-corrected chi connectivity index (χ3v) is 3.17. The number of amides is 2. The third-order valence-electron chi connectivity index (χ3n) is 3.17. The molecular formula is C18H15N3O3. The lowest BCUT2D eigenvalue weighted by Crippen LogP contribution is -2.21. The van der Waals surface area contributed by atoms with E-state index in [1.807, 2.05) is 6.07 Å². The molecule has 0 atom stereocenters. The average Bonchev–Trinajstić information content (AvgIpc) is 2.55. The number of ketones is 1. The molecule has 6 heteroatoms. The predicted octanol–water partition coefficient (Wildman–Crippen LogP) is 2.73. The van der Waals surface area contributed by atoms with Gasteiger partial charge in [0.15, 0.2) is 5.78 Å². The number of Topliss-reactive ketones (excluding diaryl/α,β-unsaturated/α-hetero) is 1. The Hall–Kier alpha value is -3.46. The van der Waals surface area contributed by atoms with Gasteiger partial charge in [-0.3, -0.25) is 14.4 Å². The molecule has 0 aromatic heterocycles. The molecule has 0 bridgehead atoms. The molecular weight excluding hydrogens is 306 g/mol. The number of nitrogens with zero attached hydrogens (tertiary/aromatic N) is 1. The van der Waals surface area contributed by atoms with E-state index in [4.69, 9.17) is 5.26 Å². The van der Waals surface area contributed by atoms with Crippen molar-refractivity contribution in [3.8, 4) is 6.07 Å². The first-order valence-electron chi connectivity index (χ1n) is 7.19. The van der Waals surface area contributed by atoms with Crippen molar-refractivity contribution < 1.29 is 14.4 Å². The Balaban J connectivity index is 1.91. The first kappa shape index (κ1) is 16.9. The van der Waals surface area contributed by atoms with Crippen LogP contribution in [0.15, 0.2) is 48.5 Å². The fourth-order valence-corrected chi connectivity index (χ4v) is 2.00. The SMILES string of the molecule is CC(=O)c1cccc(NC(=O)CC(=O)Nc2ccc(C#N)cc2)c1. The highest BCUT2D eigenvalue weighted by molar-refractivity contribution is 6.08. The van der Waals surface area contributed by atoms with Crippen LogP contribution in [0.5, 0.6) is 0 Å². The van der Waals surface area contributed by atoms with Gasteiger partial charge in [0.25, 0.3) is 0 Å². The van der Waals surface area contributed by atoms with Crippen molar-refractivity contribution >= 4 is 29.0 Å². The Morgan fingerprint density at radius 2 is 1.58 bits per heavy atom. The summed E-state index contributed by atoms with van der Waals surface area (Å²) < 4.78 is 0. The number of hydrogen-bond donors (Lipinski definition) is 2. The molecule has 0 fully saturated rings.